The molecule has 0 saturated heterocycles. The maximum absolute atomic E-state index is 13.4. The lowest BCUT2D eigenvalue weighted by Gasteiger charge is -2.09. The summed E-state index contributed by atoms with van der Waals surface area (Å²) < 4.78 is 39.7. The van der Waals surface area contributed by atoms with Gasteiger partial charge in [0.1, 0.15) is 17.5 Å². The summed E-state index contributed by atoms with van der Waals surface area (Å²) in [6, 6.07) is 6.51. The topological polar surface area (TPSA) is 41.1 Å². The molecule has 0 radical (unpaired) electrons. The molecule has 1 amide bonds. The van der Waals surface area contributed by atoms with Gasteiger partial charge in [0.25, 0.3) is 0 Å². The van der Waals surface area contributed by atoms with Crippen LogP contribution >= 0.6 is 11.6 Å². The van der Waals surface area contributed by atoms with Gasteiger partial charge < -0.3 is 10.6 Å². The third-order valence-electron chi connectivity index (χ3n) is 2.57. The van der Waals surface area contributed by atoms with Gasteiger partial charge in [-0.1, -0.05) is 11.6 Å². The molecule has 0 aliphatic rings. The van der Waals surface area contributed by atoms with Crippen LogP contribution in [0.3, 0.4) is 0 Å². The molecule has 0 atom stereocenters. The lowest BCUT2D eigenvalue weighted by Crippen LogP contribution is -2.22. The van der Waals surface area contributed by atoms with E-state index >= 15 is 0 Å². The maximum Gasteiger partial charge on any atom is 0.243 e. The molecule has 0 unspecified atom stereocenters. The van der Waals surface area contributed by atoms with Crippen molar-refractivity contribution < 1.29 is 18.0 Å². The Hall–Kier alpha value is -2.21. The zero-order chi connectivity index (χ0) is 15.4. The van der Waals surface area contributed by atoms with Crippen LogP contribution in [0.4, 0.5) is 24.5 Å². The van der Waals surface area contributed by atoms with Crippen molar-refractivity contribution in [2.75, 3.05) is 17.2 Å². The Morgan fingerprint density at radius 1 is 1.00 bits per heavy atom. The average molecular weight is 315 g/mol. The van der Waals surface area contributed by atoms with Crippen LogP contribution in [-0.4, -0.2) is 12.5 Å². The predicted molar refractivity (Wildman–Crippen MR) is 74.9 cm³/mol. The fourth-order valence-electron chi connectivity index (χ4n) is 1.60. The van der Waals surface area contributed by atoms with E-state index in [1.807, 2.05) is 0 Å². The highest BCUT2D eigenvalue weighted by atomic mass is 35.5. The van der Waals surface area contributed by atoms with Crippen molar-refractivity contribution in [3.8, 4) is 0 Å². The number of nitrogens with one attached hydrogen (secondary N) is 2. The summed E-state index contributed by atoms with van der Waals surface area (Å²) in [6.45, 7) is -0.355. The summed E-state index contributed by atoms with van der Waals surface area (Å²) in [5, 5.41) is 4.96. The van der Waals surface area contributed by atoms with Gasteiger partial charge in [-0.3, -0.25) is 4.79 Å². The third-order valence-corrected chi connectivity index (χ3v) is 2.81. The molecule has 0 bridgehead atoms. The smallest absolute Gasteiger partial charge is 0.243 e. The summed E-state index contributed by atoms with van der Waals surface area (Å²) in [6.07, 6.45) is 0. The number of carbonyl (C=O) groups is 1. The Bertz CT molecular complexity index is 679. The molecule has 2 aromatic rings. The van der Waals surface area contributed by atoms with Gasteiger partial charge in [-0.2, -0.15) is 0 Å². The number of amides is 1. The van der Waals surface area contributed by atoms with Gasteiger partial charge >= 0.3 is 0 Å². The SMILES string of the molecule is O=C(CNc1cc(F)ccc1F)Nc1cc(Cl)ccc1F. The molecule has 21 heavy (non-hydrogen) atoms. The molecule has 0 heterocycles. The largest absolute Gasteiger partial charge is 0.374 e. The van der Waals surface area contributed by atoms with Crippen LogP contribution < -0.4 is 10.6 Å². The van der Waals surface area contributed by atoms with Gasteiger partial charge in [0.15, 0.2) is 0 Å². The van der Waals surface area contributed by atoms with Gasteiger partial charge in [-0.25, -0.2) is 13.2 Å². The molecular formula is C14H10ClF3N2O. The summed E-state index contributed by atoms with van der Waals surface area (Å²) in [4.78, 5) is 11.6. The number of hydrogen-bond acceptors (Lipinski definition) is 2. The summed E-state index contributed by atoms with van der Waals surface area (Å²) in [5.41, 5.74) is -0.245. The number of carbonyl (C=O) groups excluding carboxylic acids is 1. The van der Waals surface area contributed by atoms with Crippen molar-refractivity contribution in [3.63, 3.8) is 0 Å². The zero-order valence-corrected chi connectivity index (χ0v) is 11.3. The van der Waals surface area contributed by atoms with Crippen LogP contribution in [0.1, 0.15) is 0 Å². The molecule has 2 rings (SSSR count). The fraction of sp³-hybridized carbons (Fsp3) is 0.0714. The molecule has 0 aliphatic heterocycles. The second-order valence-electron chi connectivity index (χ2n) is 4.15. The van der Waals surface area contributed by atoms with E-state index in [1.54, 1.807) is 0 Å². The monoisotopic (exact) mass is 314 g/mol. The second kappa shape index (κ2) is 6.49. The molecule has 3 nitrogen and oxygen atoms in total. The number of rotatable bonds is 4. The van der Waals surface area contributed by atoms with E-state index in [4.69, 9.17) is 11.6 Å². The summed E-state index contributed by atoms with van der Waals surface area (Å²) in [5.74, 6) is -2.61. The Balaban J connectivity index is 1.99. The molecular weight excluding hydrogens is 305 g/mol. The van der Waals surface area contributed by atoms with Gasteiger partial charge in [-0.15, -0.1) is 0 Å². The molecule has 7 heteroatoms. The Morgan fingerprint density at radius 2 is 1.67 bits per heavy atom. The number of benzene rings is 2. The Kier molecular flexibility index (Phi) is 4.70. The molecule has 0 aliphatic carbocycles. The number of anilines is 2. The van der Waals surface area contributed by atoms with Gasteiger partial charge in [0, 0.05) is 5.02 Å². The van der Waals surface area contributed by atoms with Gasteiger partial charge in [-0.05, 0) is 36.4 Å². The quantitative estimate of drug-likeness (QED) is 0.901. The Labute approximate surface area is 123 Å². The van der Waals surface area contributed by atoms with E-state index in [-0.39, 0.29) is 22.9 Å². The van der Waals surface area contributed by atoms with Gasteiger partial charge in [0.2, 0.25) is 5.91 Å². The maximum atomic E-state index is 13.4. The van der Waals surface area contributed by atoms with Crippen LogP contribution in [0.2, 0.25) is 5.02 Å². The highest BCUT2D eigenvalue weighted by molar-refractivity contribution is 6.30. The lowest BCUT2D eigenvalue weighted by atomic mass is 10.3. The minimum absolute atomic E-state index is 0.0889. The minimum atomic E-state index is -0.696. The number of halogens is 4. The van der Waals surface area contributed by atoms with E-state index in [1.165, 1.54) is 12.1 Å². The lowest BCUT2D eigenvalue weighted by molar-refractivity contribution is -0.114. The van der Waals surface area contributed by atoms with Crippen molar-refractivity contribution in [1.29, 1.82) is 0 Å². The standard InChI is InChI=1S/C14H10ClF3N2O/c15-8-1-3-11(18)13(5-8)20-14(21)7-19-12-6-9(16)2-4-10(12)17/h1-6,19H,7H2,(H,20,21). The van der Waals surface area contributed by atoms with Crippen LogP contribution in [0.25, 0.3) is 0 Å². The third kappa shape index (κ3) is 4.13. The van der Waals surface area contributed by atoms with Crippen molar-refractivity contribution in [2.45, 2.75) is 0 Å². The van der Waals surface area contributed by atoms with Crippen molar-refractivity contribution in [3.05, 3.63) is 58.9 Å². The predicted octanol–water partition coefficient (Wildman–Crippen LogP) is 3.81. The normalized spacial score (nSPS) is 10.3. The average Bonchev–Trinajstić information content (AvgIpc) is 2.44. The highest BCUT2D eigenvalue weighted by Crippen LogP contribution is 2.19. The van der Waals surface area contributed by atoms with E-state index in [0.717, 1.165) is 24.3 Å². The highest BCUT2D eigenvalue weighted by Gasteiger charge is 2.09. The molecule has 0 aromatic heterocycles. The van der Waals surface area contributed by atoms with Crippen LogP contribution in [0, 0.1) is 17.5 Å². The molecule has 2 N–H and O–H groups in total. The second-order valence-corrected chi connectivity index (χ2v) is 4.59. The summed E-state index contributed by atoms with van der Waals surface area (Å²) >= 11 is 5.69. The van der Waals surface area contributed by atoms with E-state index in [9.17, 15) is 18.0 Å². The van der Waals surface area contributed by atoms with Crippen molar-refractivity contribution in [1.82, 2.24) is 0 Å². The van der Waals surface area contributed by atoms with Crippen LogP contribution in [0.15, 0.2) is 36.4 Å². The van der Waals surface area contributed by atoms with E-state index < -0.39 is 23.4 Å². The first kappa shape index (κ1) is 15.2. The first-order valence-corrected chi connectivity index (χ1v) is 6.27. The van der Waals surface area contributed by atoms with Crippen LogP contribution in [0.5, 0.6) is 0 Å². The first-order chi connectivity index (χ1) is 9.95. The van der Waals surface area contributed by atoms with Crippen LogP contribution in [-0.2, 0) is 4.79 Å². The first-order valence-electron chi connectivity index (χ1n) is 5.89. The van der Waals surface area contributed by atoms with Crippen molar-refractivity contribution >= 4 is 28.9 Å². The fourth-order valence-corrected chi connectivity index (χ4v) is 1.77. The number of hydrogen-bond donors (Lipinski definition) is 2. The molecule has 110 valence electrons. The molecule has 0 fully saturated rings. The van der Waals surface area contributed by atoms with E-state index in [0.29, 0.717) is 0 Å². The Morgan fingerprint density at radius 3 is 2.43 bits per heavy atom. The van der Waals surface area contributed by atoms with Crippen molar-refractivity contribution in [2.24, 2.45) is 0 Å². The minimum Gasteiger partial charge on any atom is -0.374 e. The van der Waals surface area contributed by atoms with E-state index in [2.05, 4.69) is 10.6 Å². The molecule has 0 saturated carbocycles. The zero-order valence-electron chi connectivity index (χ0n) is 10.6. The van der Waals surface area contributed by atoms with Gasteiger partial charge in [0.05, 0.1) is 17.9 Å². The summed E-state index contributed by atoms with van der Waals surface area (Å²) in [7, 11) is 0. The molecule has 2 aromatic carbocycles. The molecule has 0 spiro atoms.